The predicted molar refractivity (Wildman–Crippen MR) is 66.9 cm³/mol. The lowest BCUT2D eigenvalue weighted by Crippen LogP contribution is -2.13. The highest BCUT2D eigenvalue weighted by Crippen LogP contribution is 2.20. The van der Waals surface area contributed by atoms with Crippen molar-refractivity contribution in [2.75, 3.05) is 11.9 Å². The molecule has 0 aliphatic carbocycles. The minimum absolute atomic E-state index is 0.0350. The van der Waals surface area contributed by atoms with Gasteiger partial charge in [-0.3, -0.25) is 4.98 Å². The lowest BCUT2D eigenvalue weighted by atomic mass is 10.1. The van der Waals surface area contributed by atoms with Crippen molar-refractivity contribution < 1.29 is 9.50 Å². The number of aromatic nitrogens is 2. The first-order chi connectivity index (χ1) is 8.66. The molecule has 0 aliphatic rings. The fourth-order valence-electron chi connectivity index (χ4n) is 1.43. The number of halogens is 2. The summed E-state index contributed by atoms with van der Waals surface area (Å²) in [6.45, 7) is 0.208. The first-order valence-electron chi connectivity index (χ1n) is 5.29. The highest BCUT2D eigenvalue weighted by molar-refractivity contribution is 6.30. The van der Waals surface area contributed by atoms with Crippen LogP contribution in [0.2, 0.25) is 5.02 Å². The molecule has 6 heteroatoms. The van der Waals surface area contributed by atoms with Crippen LogP contribution < -0.4 is 5.32 Å². The molecular formula is C12H11ClFN3O. The second-order valence-electron chi connectivity index (χ2n) is 3.66. The third-order valence-corrected chi connectivity index (χ3v) is 2.67. The average molecular weight is 268 g/mol. The van der Waals surface area contributed by atoms with Crippen LogP contribution in [-0.2, 0) is 0 Å². The summed E-state index contributed by atoms with van der Waals surface area (Å²) < 4.78 is 13.2. The number of anilines is 1. The van der Waals surface area contributed by atoms with Crippen LogP contribution in [0, 0.1) is 5.82 Å². The van der Waals surface area contributed by atoms with Gasteiger partial charge in [0.1, 0.15) is 11.6 Å². The Morgan fingerprint density at radius 2 is 2.22 bits per heavy atom. The number of hydrogen-bond donors (Lipinski definition) is 2. The Hall–Kier alpha value is -1.72. The van der Waals surface area contributed by atoms with Gasteiger partial charge < -0.3 is 10.4 Å². The monoisotopic (exact) mass is 267 g/mol. The molecule has 2 aromatic rings. The van der Waals surface area contributed by atoms with Gasteiger partial charge in [0.05, 0.1) is 17.3 Å². The summed E-state index contributed by atoms with van der Waals surface area (Å²) in [4.78, 5) is 7.87. The van der Waals surface area contributed by atoms with E-state index in [1.54, 1.807) is 12.3 Å². The second-order valence-corrected chi connectivity index (χ2v) is 4.07. The van der Waals surface area contributed by atoms with E-state index in [1.807, 2.05) is 0 Å². The molecule has 0 radical (unpaired) electrons. The Bertz CT molecular complexity index is 524. The van der Waals surface area contributed by atoms with Crippen LogP contribution in [0.5, 0.6) is 0 Å². The zero-order valence-corrected chi connectivity index (χ0v) is 10.1. The fraction of sp³-hybridized carbons (Fsp3) is 0.167. The van der Waals surface area contributed by atoms with Crippen molar-refractivity contribution in [2.45, 2.75) is 6.10 Å². The van der Waals surface area contributed by atoms with E-state index in [4.69, 9.17) is 11.6 Å². The molecule has 0 saturated carbocycles. The van der Waals surface area contributed by atoms with Gasteiger partial charge in [0.25, 0.3) is 0 Å². The highest BCUT2D eigenvalue weighted by atomic mass is 35.5. The normalized spacial score (nSPS) is 12.2. The van der Waals surface area contributed by atoms with Crippen molar-refractivity contribution in [2.24, 2.45) is 0 Å². The zero-order chi connectivity index (χ0) is 13.0. The number of nitrogens with one attached hydrogen (secondary N) is 1. The summed E-state index contributed by atoms with van der Waals surface area (Å²) in [6.07, 6.45) is 3.78. The smallest absolute Gasteiger partial charge is 0.144 e. The molecule has 0 amide bonds. The van der Waals surface area contributed by atoms with Crippen LogP contribution in [0.3, 0.4) is 0 Å². The summed E-state index contributed by atoms with van der Waals surface area (Å²) in [7, 11) is 0. The number of nitrogens with zero attached hydrogens (tertiary/aromatic N) is 2. The summed E-state index contributed by atoms with van der Waals surface area (Å²) >= 11 is 5.57. The van der Waals surface area contributed by atoms with Gasteiger partial charge in [-0.15, -0.1) is 0 Å². The molecule has 0 aliphatic heterocycles. The van der Waals surface area contributed by atoms with E-state index in [2.05, 4.69) is 15.3 Å². The Balaban J connectivity index is 1.99. The van der Waals surface area contributed by atoms with E-state index in [9.17, 15) is 9.50 Å². The molecule has 2 N–H and O–H groups in total. The van der Waals surface area contributed by atoms with E-state index in [-0.39, 0.29) is 11.6 Å². The zero-order valence-electron chi connectivity index (χ0n) is 9.35. The van der Waals surface area contributed by atoms with Gasteiger partial charge in [-0.25, -0.2) is 9.37 Å². The maximum Gasteiger partial charge on any atom is 0.144 e. The minimum atomic E-state index is -0.848. The van der Waals surface area contributed by atoms with Crippen molar-refractivity contribution >= 4 is 17.4 Å². The average Bonchev–Trinajstić information content (AvgIpc) is 2.40. The molecule has 94 valence electrons. The molecule has 0 bridgehead atoms. The molecule has 0 fully saturated rings. The van der Waals surface area contributed by atoms with Crippen molar-refractivity contribution in [1.29, 1.82) is 0 Å². The number of aliphatic hydroxyl groups excluding tert-OH is 1. The summed E-state index contributed by atoms with van der Waals surface area (Å²) in [5.41, 5.74) is 0.452. The van der Waals surface area contributed by atoms with Gasteiger partial charge in [-0.05, 0) is 17.7 Å². The summed E-state index contributed by atoms with van der Waals surface area (Å²) in [5, 5.41) is 12.8. The number of benzene rings is 1. The van der Waals surface area contributed by atoms with E-state index >= 15 is 0 Å². The maximum absolute atomic E-state index is 13.2. The van der Waals surface area contributed by atoms with Crippen molar-refractivity contribution in [3.05, 3.63) is 53.2 Å². The molecule has 1 aromatic heterocycles. The van der Waals surface area contributed by atoms with Crippen LogP contribution >= 0.6 is 11.6 Å². The third-order valence-electron chi connectivity index (χ3n) is 2.37. The van der Waals surface area contributed by atoms with Gasteiger partial charge in [0.15, 0.2) is 0 Å². The SMILES string of the molecule is OC(CNc1cnccn1)c1ccc(Cl)c(F)c1. The van der Waals surface area contributed by atoms with E-state index in [0.29, 0.717) is 11.4 Å². The molecular weight excluding hydrogens is 257 g/mol. The number of hydrogen-bond acceptors (Lipinski definition) is 4. The molecule has 0 saturated heterocycles. The third kappa shape index (κ3) is 3.15. The summed E-state index contributed by atoms with van der Waals surface area (Å²) in [6, 6.07) is 4.21. The van der Waals surface area contributed by atoms with Crippen molar-refractivity contribution in [3.63, 3.8) is 0 Å². The highest BCUT2D eigenvalue weighted by Gasteiger charge is 2.10. The minimum Gasteiger partial charge on any atom is -0.387 e. The Kier molecular flexibility index (Phi) is 4.07. The molecule has 1 unspecified atom stereocenters. The molecule has 1 aromatic carbocycles. The van der Waals surface area contributed by atoms with E-state index in [1.165, 1.54) is 24.5 Å². The molecule has 1 heterocycles. The van der Waals surface area contributed by atoms with Crippen LogP contribution in [0.15, 0.2) is 36.8 Å². The Morgan fingerprint density at radius 3 is 2.89 bits per heavy atom. The van der Waals surface area contributed by atoms with Gasteiger partial charge in [0, 0.05) is 18.9 Å². The molecule has 4 nitrogen and oxygen atoms in total. The first kappa shape index (κ1) is 12.7. The maximum atomic E-state index is 13.2. The topological polar surface area (TPSA) is 58.0 Å². The first-order valence-corrected chi connectivity index (χ1v) is 5.67. The second kappa shape index (κ2) is 5.75. The van der Waals surface area contributed by atoms with Crippen molar-refractivity contribution in [3.8, 4) is 0 Å². The molecule has 1 atom stereocenters. The Morgan fingerprint density at radius 1 is 1.39 bits per heavy atom. The number of aliphatic hydroxyl groups is 1. The quantitative estimate of drug-likeness (QED) is 0.893. The van der Waals surface area contributed by atoms with E-state index < -0.39 is 11.9 Å². The van der Waals surface area contributed by atoms with Gasteiger partial charge in [-0.2, -0.15) is 0 Å². The van der Waals surface area contributed by atoms with Gasteiger partial charge >= 0.3 is 0 Å². The van der Waals surface area contributed by atoms with Crippen LogP contribution in [0.25, 0.3) is 0 Å². The Labute approximate surface area is 108 Å². The van der Waals surface area contributed by atoms with E-state index in [0.717, 1.165) is 0 Å². The largest absolute Gasteiger partial charge is 0.387 e. The lowest BCUT2D eigenvalue weighted by molar-refractivity contribution is 0.191. The standard InChI is InChI=1S/C12H11ClFN3O/c13-9-2-1-8(5-10(9)14)11(18)6-17-12-7-15-3-4-16-12/h1-5,7,11,18H,6H2,(H,16,17). The fourth-order valence-corrected chi connectivity index (χ4v) is 1.55. The van der Waals surface area contributed by atoms with Crippen molar-refractivity contribution in [1.82, 2.24) is 9.97 Å². The predicted octanol–water partition coefficient (Wildman–Crippen LogP) is 2.41. The molecule has 0 spiro atoms. The van der Waals surface area contributed by atoms with Crippen LogP contribution in [0.1, 0.15) is 11.7 Å². The summed E-state index contributed by atoms with van der Waals surface area (Å²) in [5.74, 6) is -0.00120. The van der Waals surface area contributed by atoms with Gasteiger partial charge in [-0.1, -0.05) is 17.7 Å². The van der Waals surface area contributed by atoms with Crippen LogP contribution in [-0.4, -0.2) is 21.6 Å². The molecule has 18 heavy (non-hydrogen) atoms. The molecule has 2 rings (SSSR count). The van der Waals surface area contributed by atoms with Gasteiger partial charge in [0.2, 0.25) is 0 Å². The van der Waals surface area contributed by atoms with Crippen LogP contribution in [0.4, 0.5) is 10.2 Å². The number of rotatable bonds is 4. The lowest BCUT2D eigenvalue weighted by Gasteiger charge is -2.12.